The zero-order valence-electron chi connectivity index (χ0n) is 9.74. The van der Waals surface area contributed by atoms with E-state index in [1.165, 1.54) is 0 Å². The van der Waals surface area contributed by atoms with Gasteiger partial charge < -0.3 is 0 Å². The van der Waals surface area contributed by atoms with Crippen LogP contribution in [-0.2, 0) is 9.59 Å². The minimum atomic E-state index is 0.750. The topological polar surface area (TPSA) is 81.8 Å². The van der Waals surface area contributed by atoms with Crippen molar-refractivity contribution < 1.29 is 9.59 Å². The van der Waals surface area contributed by atoms with Crippen LogP contribution >= 0.6 is 0 Å². The predicted octanol–water partition coefficient (Wildman–Crippen LogP) is 3.18. The van der Waals surface area contributed by atoms with Crippen LogP contribution in [0.25, 0.3) is 0 Å². The van der Waals surface area contributed by atoms with E-state index in [0.29, 0.717) is 0 Å². The van der Waals surface area contributed by atoms with E-state index in [1.807, 2.05) is 72.8 Å². The molecule has 2 N–H and O–H groups in total. The lowest BCUT2D eigenvalue weighted by atomic mass is 10.4. The van der Waals surface area contributed by atoms with E-state index in [-0.39, 0.29) is 0 Å². The first-order valence-electron chi connectivity index (χ1n) is 4.91. The smallest absolute Gasteiger partial charge is 0.222 e. The van der Waals surface area contributed by atoms with E-state index in [1.54, 1.807) is 0 Å². The maximum atomic E-state index is 8.35. The van der Waals surface area contributed by atoms with Crippen LogP contribution in [0.2, 0.25) is 0 Å². The molecule has 0 bridgehead atoms. The van der Waals surface area contributed by atoms with Gasteiger partial charge in [0.2, 0.25) is 12.2 Å². The van der Waals surface area contributed by atoms with Gasteiger partial charge in [-0.05, 0) is 0 Å². The van der Waals surface area contributed by atoms with Crippen molar-refractivity contribution in [2.24, 2.45) is 0 Å². The summed E-state index contributed by atoms with van der Waals surface area (Å²) in [6.07, 6.45) is 1.50. The van der Waals surface area contributed by atoms with Gasteiger partial charge in [0.25, 0.3) is 0 Å². The molecule has 0 fully saturated rings. The molecule has 2 rings (SSSR count). The number of nitrogens with one attached hydrogen (secondary N) is 2. The molecule has 2 aromatic rings. The average Bonchev–Trinajstić information content (AvgIpc) is 2.45. The van der Waals surface area contributed by atoms with E-state index in [9.17, 15) is 0 Å². The Morgan fingerprint density at radius 2 is 0.500 bits per heavy atom. The first-order chi connectivity index (χ1) is 8.83. The summed E-state index contributed by atoms with van der Waals surface area (Å²) in [5.74, 6) is 0. The number of hydrogen-bond donors (Lipinski definition) is 2. The van der Waals surface area contributed by atoms with Crippen LogP contribution in [0, 0.1) is 10.8 Å². The van der Waals surface area contributed by atoms with Crippen LogP contribution in [0.1, 0.15) is 0 Å². The molecule has 18 heavy (non-hydrogen) atoms. The standard InChI is InChI=1S/2C6H6.2CHNO/c2*1-2-4-6-5-3-1;2*2-1-3/h2*1-6H;2*2H. The Labute approximate surface area is 106 Å². The molecule has 0 saturated carbocycles. The summed E-state index contributed by atoms with van der Waals surface area (Å²) in [5.41, 5.74) is 0. The highest BCUT2D eigenvalue weighted by Gasteiger charge is 1.58. The molecule has 0 aromatic heterocycles. The first-order valence-corrected chi connectivity index (χ1v) is 4.91. The Kier molecular flexibility index (Phi) is 19.3. The second-order valence-corrected chi connectivity index (χ2v) is 2.51. The molecule has 0 aliphatic heterocycles. The largest absolute Gasteiger partial charge is 0.231 e. The Bertz CT molecular complexity index is 321. The molecule has 0 unspecified atom stereocenters. The van der Waals surface area contributed by atoms with Crippen LogP contribution in [0.5, 0.6) is 0 Å². The lowest BCUT2D eigenvalue weighted by Gasteiger charge is -1.69. The highest BCUT2D eigenvalue weighted by Crippen LogP contribution is 1.80. The van der Waals surface area contributed by atoms with Crippen molar-refractivity contribution in [1.82, 2.24) is 0 Å². The lowest BCUT2D eigenvalue weighted by Crippen LogP contribution is -1.47. The highest BCUT2D eigenvalue weighted by molar-refractivity contribution is 5.26. The minimum absolute atomic E-state index is 0.750. The van der Waals surface area contributed by atoms with Crippen molar-refractivity contribution in [3.8, 4) is 0 Å². The summed E-state index contributed by atoms with van der Waals surface area (Å²) < 4.78 is 0. The third-order valence-electron chi connectivity index (χ3n) is 1.33. The summed E-state index contributed by atoms with van der Waals surface area (Å²) in [6, 6.07) is 24.0. The van der Waals surface area contributed by atoms with Gasteiger partial charge in [-0.3, -0.25) is 0 Å². The molecule has 0 heterocycles. The maximum absolute atomic E-state index is 8.35. The van der Waals surface area contributed by atoms with Crippen molar-refractivity contribution in [3.05, 3.63) is 72.8 Å². The number of carbonyl (C=O) groups excluding carboxylic acids is 2. The van der Waals surface area contributed by atoms with Gasteiger partial charge in [0.05, 0.1) is 0 Å². The van der Waals surface area contributed by atoms with Crippen LogP contribution in [0.4, 0.5) is 0 Å². The van der Waals surface area contributed by atoms with Crippen LogP contribution in [-0.4, -0.2) is 12.2 Å². The number of hydrogen-bond acceptors (Lipinski definition) is 4. The van der Waals surface area contributed by atoms with Crippen molar-refractivity contribution in [2.45, 2.75) is 0 Å². The molecule has 0 amide bonds. The van der Waals surface area contributed by atoms with Gasteiger partial charge in [-0.15, -0.1) is 0 Å². The molecular formula is C14H14N2O2. The van der Waals surface area contributed by atoms with Gasteiger partial charge in [0, 0.05) is 0 Å². The Morgan fingerprint density at radius 1 is 0.444 bits per heavy atom. The average molecular weight is 242 g/mol. The van der Waals surface area contributed by atoms with E-state index in [0.717, 1.165) is 12.2 Å². The second kappa shape index (κ2) is 19.7. The van der Waals surface area contributed by atoms with Crippen molar-refractivity contribution in [2.75, 3.05) is 0 Å². The molecule has 0 aliphatic rings. The summed E-state index contributed by atoms with van der Waals surface area (Å²) >= 11 is 0. The normalized spacial score (nSPS) is 6.22. The highest BCUT2D eigenvalue weighted by atomic mass is 16.1. The summed E-state index contributed by atoms with van der Waals surface area (Å²) in [4.78, 5) is 16.7. The third-order valence-corrected chi connectivity index (χ3v) is 1.33. The lowest BCUT2D eigenvalue weighted by molar-refractivity contribution is 0.562. The molecular weight excluding hydrogens is 228 g/mol. The fourth-order valence-corrected chi connectivity index (χ4v) is 0.770. The molecule has 92 valence electrons. The molecule has 0 aliphatic carbocycles. The quantitative estimate of drug-likeness (QED) is 0.549. The number of benzene rings is 2. The summed E-state index contributed by atoms with van der Waals surface area (Å²) in [7, 11) is 0. The summed E-state index contributed by atoms with van der Waals surface area (Å²) in [6.45, 7) is 0. The number of isocyanates is 2. The first kappa shape index (κ1) is 17.6. The summed E-state index contributed by atoms with van der Waals surface area (Å²) in [5, 5.41) is 10.8. The van der Waals surface area contributed by atoms with Crippen molar-refractivity contribution in [1.29, 1.82) is 10.8 Å². The third kappa shape index (κ3) is 23.2. The van der Waals surface area contributed by atoms with Crippen LogP contribution in [0.15, 0.2) is 72.8 Å². The zero-order valence-corrected chi connectivity index (χ0v) is 9.74. The van der Waals surface area contributed by atoms with E-state index in [2.05, 4.69) is 0 Å². The van der Waals surface area contributed by atoms with Crippen LogP contribution in [0.3, 0.4) is 0 Å². The Balaban J connectivity index is 0. The van der Waals surface area contributed by atoms with E-state index < -0.39 is 0 Å². The van der Waals surface area contributed by atoms with Crippen molar-refractivity contribution in [3.63, 3.8) is 0 Å². The van der Waals surface area contributed by atoms with E-state index >= 15 is 0 Å². The maximum Gasteiger partial charge on any atom is 0.231 e. The molecule has 4 nitrogen and oxygen atoms in total. The second-order valence-electron chi connectivity index (χ2n) is 2.51. The van der Waals surface area contributed by atoms with Gasteiger partial charge in [0.15, 0.2) is 0 Å². The van der Waals surface area contributed by atoms with Crippen LogP contribution < -0.4 is 0 Å². The fraction of sp³-hybridized carbons (Fsp3) is 0. The minimum Gasteiger partial charge on any atom is -0.222 e. The fourth-order valence-electron chi connectivity index (χ4n) is 0.770. The van der Waals surface area contributed by atoms with Gasteiger partial charge in [-0.25, -0.2) is 20.4 Å². The van der Waals surface area contributed by atoms with E-state index in [4.69, 9.17) is 20.4 Å². The number of rotatable bonds is 0. The Hall–Kier alpha value is -2.80. The predicted molar refractivity (Wildman–Crippen MR) is 69.7 cm³/mol. The van der Waals surface area contributed by atoms with Crippen molar-refractivity contribution >= 4 is 12.2 Å². The molecule has 0 atom stereocenters. The monoisotopic (exact) mass is 242 g/mol. The molecule has 0 radical (unpaired) electrons. The van der Waals surface area contributed by atoms with Gasteiger partial charge in [-0.1, -0.05) is 72.8 Å². The molecule has 4 heteroatoms. The molecule has 0 spiro atoms. The Morgan fingerprint density at radius 3 is 0.556 bits per heavy atom. The van der Waals surface area contributed by atoms with Gasteiger partial charge in [0.1, 0.15) is 0 Å². The SMILES string of the molecule is N=C=O.N=C=O.c1ccccc1.c1ccccc1. The molecule has 0 saturated heterocycles. The molecule has 2 aromatic carbocycles. The van der Waals surface area contributed by atoms with Gasteiger partial charge in [-0.2, -0.15) is 0 Å². The zero-order chi connectivity index (χ0) is 13.9. The van der Waals surface area contributed by atoms with Gasteiger partial charge >= 0.3 is 0 Å².